The van der Waals surface area contributed by atoms with Gasteiger partial charge in [-0.25, -0.2) is 0 Å². The second-order valence-corrected chi connectivity index (χ2v) is 5.60. The van der Waals surface area contributed by atoms with Crippen LogP contribution in [0.15, 0.2) is 0 Å². The fourth-order valence-corrected chi connectivity index (χ4v) is 3.09. The van der Waals surface area contributed by atoms with Gasteiger partial charge in [0.2, 0.25) is 0 Å². The number of nitrogens with two attached hydrogens (primary N) is 1. The molecular weight excluding hydrogens is 240 g/mol. The highest BCUT2D eigenvalue weighted by Gasteiger charge is 2.23. The minimum absolute atomic E-state index is 0.390. The molecule has 0 radical (unpaired) electrons. The summed E-state index contributed by atoms with van der Waals surface area (Å²) in [5, 5.41) is 4.79. The van der Waals surface area contributed by atoms with Crippen LogP contribution in [-0.2, 0) is 30.9 Å². The van der Waals surface area contributed by atoms with Gasteiger partial charge in [-0.15, -0.1) is 0 Å². The van der Waals surface area contributed by atoms with E-state index in [4.69, 9.17) is 15.6 Å². The molecule has 0 amide bonds. The van der Waals surface area contributed by atoms with E-state index in [0.717, 1.165) is 58.7 Å². The fourth-order valence-electron chi connectivity index (χ4n) is 3.09. The zero-order chi connectivity index (χ0) is 13.2. The lowest BCUT2D eigenvalue weighted by atomic mass is 10.0. The second kappa shape index (κ2) is 5.61. The molecule has 2 N–H and O–H groups in total. The fraction of sp³-hybridized carbons (Fsp3) is 0.786. The molecule has 106 valence electrons. The van der Waals surface area contributed by atoms with Crippen molar-refractivity contribution < 1.29 is 4.74 Å². The summed E-state index contributed by atoms with van der Waals surface area (Å²) in [7, 11) is 0. The van der Waals surface area contributed by atoms with Crippen molar-refractivity contribution in [3.8, 4) is 0 Å². The lowest BCUT2D eigenvalue weighted by Crippen LogP contribution is -2.39. The van der Waals surface area contributed by atoms with Crippen molar-refractivity contribution in [2.24, 2.45) is 5.73 Å². The van der Waals surface area contributed by atoms with Crippen molar-refractivity contribution in [1.82, 2.24) is 14.7 Å². The summed E-state index contributed by atoms with van der Waals surface area (Å²) in [6.07, 6.45) is 3.21. The van der Waals surface area contributed by atoms with Crippen LogP contribution in [0.1, 0.15) is 36.7 Å². The highest BCUT2D eigenvalue weighted by molar-refractivity contribution is 5.27. The summed E-state index contributed by atoms with van der Waals surface area (Å²) >= 11 is 0. The number of aromatic nitrogens is 2. The molecule has 1 fully saturated rings. The average molecular weight is 264 g/mol. The molecule has 1 aromatic rings. The van der Waals surface area contributed by atoms with Gasteiger partial charge in [-0.1, -0.05) is 0 Å². The van der Waals surface area contributed by atoms with Crippen LogP contribution < -0.4 is 5.73 Å². The quantitative estimate of drug-likeness (QED) is 0.881. The van der Waals surface area contributed by atoms with Gasteiger partial charge in [0.1, 0.15) is 0 Å². The second-order valence-electron chi connectivity index (χ2n) is 5.60. The Hall–Kier alpha value is -0.910. The molecule has 0 aliphatic carbocycles. The van der Waals surface area contributed by atoms with Crippen LogP contribution in [-0.4, -0.2) is 40.4 Å². The molecule has 0 atom stereocenters. The first-order valence-electron chi connectivity index (χ1n) is 7.41. The van der Waals surface area contributed by atoms with E-state index in [1.807, 2.05) is 0 Å². The van der Waals surface area contributed by atoms with Gasteiger partial charge in [0, 0.05) is 49.9 Å². The van der Waals surface area contributed by atoms with Gasteiger partial charge in [-0.3, -0.25) is 9.58 Å². The van der Waals surface area contributed by atoms with E-state index in [1.54, 1.807) is 0 Å². The lowest BCUT2D eigenvalue weighted by molar-refractivity contribution is 0.107. The molecule has 2 aliphatic heterocycles. The van der Waals surface area contributed by atoms with E-state index in [9.17, 15) is 0 Å². The van der Waals surface area contributed by atoms with Crippen molar-refractivity contribution in [2.45, 2.75) is 51.9 Å². The molecule has 3 heterocycles. The van der Waals surface area contributed by atoms with Crippen LogP contribution in [0.2, 0.25) is 0 Å². The van der Waals surface area contributed by atoms with Crippen molar-refractivity contribution >= 4 is 0 Å². The molecule has 19 heavy (non-hydrogen) atoms. The van der Waals surface area contributed by atoms with Crippen LogP contribution in [0.4, 0.5) is 0 Å². The molecule has 5 heteroatoms. The summed E-state index contributed by atoms with van der Waals surface area (Å²) in [6.45, 7) is 7.81. The SMILES string of the molecule is CCn1nc(CN2CCC(N)CC2)c2c1CCOC2. The third kappa shape index (κ3) is 2.68. The largest absolute Gasteiger partial charge is 0.376 e. The molecule has 0 bridgehead atoms. The Balaban J connectivity index is 1.75. The smallest absolute Gasteiger partial charge is 0.0822 e. The van der Waals surface area contributed by atoms with Gasteiger partial charge in [-0.05, 0) is 19.8 Å². The molecule has 1 saturated heterocycles. The number of hydrogen-bond acceptors (Lipinski definition) is 4. The number of rotatable bonds is 3. The molecule has 3 rings (SSSR count). The van der Waals surface area contributed by atoms with E-state index in [2.05, 4.69) is 16.5 Å². The number of fused-ring (bicyclic) bond motifs is 1. The van der Waals surface area contributed by atoms with Crippen LogP contribution in [0.25, 0.3) is 0 Å². The summed E-state index contributed by atoms with van der Waals surface area (Å²) < 4.78 is 7.76. The van der Waals surface area contributed by atoms with E-state index in [0.29, 0.717) is 6.04 Å². The molecule has 0 spiro atoms. The Bertz CT molecular complexity index is 435. The topological polar surface area (TPSA) is 56.3 Å². The lowest BCUT2D eigenvalue weighted by Gasteiger charge is -2.29. The first-order chi connectivity index (χ1) is 9.28. The van der Waals surface area contributed by atoms with Gasteiger partial charge in [0.15, 0.2) is 0 Å². The average Bonchev–Trinajstić information content (AvgIpc) is 2.80. The number of ether oxygens (including phenoxy) is 1. The number of aryl methyl sites for hydroxylation is 1. The van der Waals surface area contributed by atoms with Crippen molar-refractivity contribution in [3.63, 3.8) is 0 Å². The van der Waals surface area contributed by atoms with E-state index in [-0.39, 0.29) is 0 Å². The number of hydrogen-bond donors (Lipinski definition) is 1. The van der Waals surface area contributed by atoms with Crippen molar-refractivity contribution in [2.75, 3.05) is 19.7 Å². The number of nitrogens with zero attached hydrogens (tertiary/aromatic N) is 3. The molecule has 1 aromatic heterocycles. The van der Waals surface area contributed by atoms with Crippen molar-refractivity contribution in [3.05, 3.63) is 17.0 Å². The first kappa shape index (κ1) is 13.1. The number of piperidine rings is 1. The van der Waals surface area contributed by atoms with Crippen molar-refractivity contribution in [1.29, 1.82) is 0 Å². The standard InChI is InChI=1S/C14H24N4O/c1-2-18-14-5-8-19-10-12(14)13(16-18)9-17-6-3-11(15)4-7-17/h11H,2-10,15H2,1H3. The molecule has 0 aromatic carbocycles. The first-order valence-corrected chi connectivity index (χ1v) is 7.41. The zero-order valence-electron chi connectivity index (χ0n) is 11.8. The van der Waals surface area contributed by atoms with E-state index in [1.165, 1.54) is 17.0 Å². The van der Waals surface area contributed by atoms with Gasteiger partial charge in [-0.2, -0.15) is 5.10 Å². The maximum absolute atomic E-state index is 5.96. The van der Waals surface area contributed by atoms with Crippen LogP contribution >= 0.6 is 0 Å². The predicted molar refractivity (Wildman–Crippen MR) is 73.7 cm³/mol. The Morgan fingerprint density at radius 3 is 2.89 bits per heavy atom. The summed E-state index contributed by atoms with van der Waals surface area (Å²) in [4.78, 5) is 2.47. The highest BCUT2D eigenvalue weighted by atomic mass is 16.5. The van der Waals surface area contributed by atoms with Gasteiger partial charge < -0.3 is 10.5 Å². The van der Waals surface area contributed by atoms with Crippen LogP contribution in [0, 0.1) is 0 Å². The van der Waals surface area contributed by atoms with Crippen LogP contribution in [0.3, 0.4) is 0 Å². The van der Waals surface area contributed by atoms with Gasteiger partial charge in [0.25, 0.3) is 0 Å². The van der Waals surface area contributed by atoms with Gasteiger partial charge >= 0.3 is 0 Å². The minimum Gasteiger partial charge on any atom is -0.376 e. The Kier molecular flexibility index (Phi) is 3.86. The summed E-state index contributed by atoms with van der Waals surface area (Å²) in [5.74, 6) is 0. The predicted octanol–water partition coefficient (Wildman–Crippen LogP) is 0.899. The Morgan fingerprint density at radius 1 is 1.37 bits per heavy atom. The third-order valence-electron chi connectivity index (χ3n) is 4.28. The monoisotopic (exact) mass is 264 g/mol. The minimum atomic E-state index is 0.390. The summed E-state index contributed by atoms with van der Waals surface area (Å²) in [5.41, 5.74) is 9.90. The normalized spacial score (nSPS) is 21.6. The third-order valence-corrected chi connectivity index (χ3v) is 4.28. The summed E-state index contributed by atoms with van der Waals surface area (Å²) in [6, 6.07) is 0.390. The maximum Gasteiger partial charge on any atom is 0.0822 e. The van der Waals surface area contributed by atoms with Crippen LogP contribution in [0.5, 0.6) is 0 Å². The molecule has 0 saturated carbocycles. The Morgan fingerprint density at radius 2 is 2.16 bits per heavy atom. The molecule has 0 unspecified atom stereocenters. The Labute approximate surface area is 114 Å². The molecule has 5 nitrogen and oxygen atoms in total. The molecular formula is C14H24N4O. The van der Waals surface area contributed by atoms with E-state index < -0.39 is 0 Å². The zero-order valence-corrected chi connectivity index (χ0v) is 11.8. The maximum atomic E-state index is 5.96. The molecule has 2 aliphatic rings. The highest BCUT2D eigenvalue weighted by Crippen LogP contribution is 2.23. The number of likely N-dealkylation sites (tertiary alicyclic amines) is 1. The van der Waals surface area contributed by atoms with Gasteiger partial charge in [0.05, 0.1) is 18.9 Å². The van der Waals surface area contributed by atoms with E-state index >= 15 is 0 Å².